The molecule has 1 unspecified atom stereocenters. The van der Waals surface area contributed by atoms with E-state index in [-0.39, 0.29) is 18.2 Å². The number of hydrogen-bond acceptors (Lipinski definition) is 3. The number of sulfonamides is 1. The molecule has 1 heterocycles. The molecule has 0 bridgehead atoms. The molecule has 0 saturated carbocycles. The highest BCUT2D eigenvalue weighted by molar-refractivity contribution is 7.89. The highest BCUT2D eigenvalue weighted by Gasteiger charge is 2.37. The maximum Gasteiger partial charge on any atom is 0.239 e. The second-order valence-electron chi connectivity index (χ2n) is 4.97. The Morgan fingerprint density at radius 3 is 2.71 bits per heavy atom. The molecule has 1 atom stereocenters. The monoisotopic (exact) mass is 308 g/mol. The molecule has 1 N–H and O–H groups in total. The van der Waals surface area contributed by atoms with E-state index in [4.69, 9.17) is 0 Å². The van der Waals surface area contributed by atoms with Gasteiger partial charge in [0.15, 0.2) is 0 Å². The van der Waals surface area contributed by atoms with Crippen LogP contribution in [-0.4, -0.2) is 37.0 Å². The van der Waals surface area contributed by atoms with Gasteiger partial charge in [0.05, 0.1) is 5.75 Å². The van der Waals surface area contributed by atoms with Crippen LogP contribution in [-0.2, 0) is 27.8 Å². The zero-order chi connectivity index (χ0) is 15.5. The van der Waals surface area contributed by atoms with Gasteiger partial charge in [0.2, 0.25) is 15.9 Å². The van der Waals surface area contributed by atoms with Gasteiger partial charge >= 0.3 is 0 Å². The van der Waals surface area contributed by atoms with E-state index in [1.807, 2.05) is 24.3 Å². The normalized spacial score (nSPS) is 18.8. The highest BCUT2D eigenvalue weighted by Crippen LogP contribution is 2.26. The number of nitrogens with one attached hydrogen (secondary N) is 1. The number of carbonyl (C=O) groups is 1. The van der Waals surface area contributed by atoms with Gasteiger partial charge in [-0.2, -0.15) is 4.31 Å². The topological polar surface area (TPSA) is 66.5 Å². The van der Waals surface area contributed by atoms with Crippen molar-refractivity contribution in [1.82, 2.24) is 9.62 Å². The van der Waals surface area contributed by atoms with Crippen molar-refractivity contribution in [3.63, 3.8) is 0 Å². The van der Waals surface area contributed by atoms with E-state index >= 15 is 0 Å². The molecule has 5 nitrogen and oxygen atoms in total. The van der Waals surface area contributed by atoms with Crippen LogP contribution in [0.4, 0.5) is 0 Å². The van der Waals surface area contributed by atoms with Gasteiger partial charge in [-0.25, -0.2) is 8.42 Å². The average Bonchev–Trinajstić information content (AvgIpc) is 2.51. The summed E-state index contributed by atoms with van der Waals surface area (Å²) in [5.41, 5.74) is 1.99. The van der Waals surface area contributed by atoms with Crippen molar-refractivity contribution in [2.24, 2.45) is 0 Å². The number of nitrogens with zero attached hydrogens (tertiary/aromatic N) is 1. The molecule has 2 rings (SSSR count). The zero-order valence-corrected chi connectivity index (χ0v) is 12.9. The Kier molecular flexibility index (Phi) is 4.80. The van der Waals surface area contributed by atoms with Crippen molar-refractivity contribution in [2.75, 3.05) is 12.3 Å². The number of amides is 1. The van der Waals surface area contributed by atoms with Gasteiger partial charge < -0.3 is 5.32 Å². The lowest BCUT2D eigenvalue weighted by molar-refractivity contribution is -0.125. The molecule has 1 aromatic carbocycles. The van der Waals surface area contributed by atoms with Crippen LogP contribution in [0.3, 0.4) is 0 Å². The van der Waals surface area contributed by atoms with Crippen LogP contribution in [0.25, 0.3) is 0 Å². The lowest BCUT2D eigenvalue weighted by Gasteiger charge is -2.34. The third-order valence-electron chi connectivity index (χ3n) is 3.65. The van der Waals surface area contributed by atoms with Crippen LogP contribution >= 0.6 is 0 Å². The third-order valence-corrected chi connectivity index (χ3v) is 5.48. The first-order valence-electron chi connectivity index (χ1n) is 6.94. The van der Waals surface area contributed by atoms with Crippen LogP contribution < -0.4 is 5.32 Å². The first kappa shape index (κ1) is 15.7. The Morgan fingerprint density at radius 1 is 1.43 bits per heavy atom. The molecule has 1 aliphatic heterocycles. The molecule has 6 heteroatoms. The largest absolute Gasteiger partial charge is 0.351 e. The molecule has 21 heavy (non-hydrogen) atoms. The Balaban J connectivity index is 2.35. The van der Waals surface area contributed by atoms with Crippen molar-refractivity contribution >= 4 is 15.9 Å². The first-order valence-corrected chi connectivity index (χ1v) is 8.55. The predicted molar refractivity (Wildman–Crippen MR) is 82.1 cm³/mol. The number of hydrogen-bond donors (Lipinski definition) is 1. The van der Waals surface area contributed by atoms with Gasteiger partial charge in [0.1, 0.15) is 6.04 Å². The van der Waals surface area contributed by atoms with E-state index in [9.17, 15) is 13.2 Å². The molecule has 0 aromatic heterocycles. The Bertz CT molecular complexity index is 640. The van der Waals surface area contributed by atoms with E-state index in [2.05, 4.69) is 11.9 Å². The fourth-order valence-corrected chi connectivity index (χ4v) is 3.70. The lowest BCUT2D eigenvalue weighted by Crippen LogP contribution is -2.52. The molecule has 0 saturated heterocycles. The molecular weight excluding hydrogens is 288 g/mol. The van der Waals surface area contributed by atoms with Gasteiger partial charge in [0, 0.05) is 13.1 Å². The summed E-state index contributed by atoms with van der Waals surface area (Å²) in [6.07, 6.45) is 1.98. The minimum absolute atomic E-state index is 0.0135. The van der Waals surface area contributed by atoms with Gasteiger partial charge in [-0.1, -0.05) is 30.3 Å². The molecule has 1 aromatic rings. The second kappa shape index (κ2) is 6.41. The zero-order valence-electron chi connectivity index (χ0n) is 12.1. The molecule has 1 amide bonds. The molecule has 0 spiro atoms. The highest BCUT2D eigenvalue weighted by atomic mass is 32.2. The maximum atomic E-state index is 12.3. The van der Waals surface area contributed by atoms with E-state index in [0.29, 0.717) is 13.0 Å². The van der Waals surface area contributed by atoms with E-state index < -0.39 is 16.1 Å². The van der Waals surface area contributed by atoms with Crippen LogP contribution in [0.15, 0.2) is 36.9 Å². The summed E-state index contributed by atoms with van der Waals surface area (Å²) in [4.78, 5) is 12.3. The van der Waals surface area contributed by atoms with Crippen molar-refractivity contribution < 1.29 is 13.2 Å². The van der Waals surface area contributed by atoms with Gasteiger partial charge in [-0.05, 0) is 24.5 Å². The summed E-state index contributed by atoms with van der Waals surface area (Å²) in [5, 5.41) is 2.70. The average molecular weight is 308 g/mol. The van der Waals surface area contributed by atoms with Crippen molar-refractivity contribution in [3.05, 3.63) is 48.0 Å². The van der Waals surface area contributed by atoms with Crippen LogP contribution in [0.1, 0.15) is 18.1 Å². The quantitative estimate of drug-likeness (QED) is 0.827. The summed E-state index contributed by atoms with van der Waals surface area (Å²) in [6, 6.07) is 6.95. The minimum atomic E-state index is -3.44. The first-order chi connectivity index (χ1) is 9.99. The Hall–Kier alpha value is -1.66. The summed E-state index contributed by atoms with van der Waals surface area (Å²) >= 11 is 0. The Morgan fingerprint density at radius 2 is 2.10 bits per heavy atom. The maximum absolute atomic E-state index is 12.3. The molecule has 0 fully saturated rings. The second-order valence-corrected chi connectivity index (χ2v) is 7.18. The van der Waals surface area contributed by atoms with Crippen LogP contribution in [0.5, 0.6) is 0 Å². The van der Waals surface area contributed by atoms with Crippen LogP contribution in [0, 0.1) is 0 Å². The number of benzene rings is 1. The fraction of sp³-hybridized carbons (Fsp3) is 0.400. The van der Waals surface area contributed by atoms with E-state index in [0.717, 1.165) is 11.1 Å². The van der Waals surface area contributed by atoms with E-state index in [1.165, 1.54) is 4.31 Å². The molecule has 0 aliphatic carbocycles. The smallest absolute Gasteiger partial charge is 0.239 e. The van der Waals surface area contributed by atoms with Crippen molar-refractivity contribution in [2.45, 2.75) is 25.9 Å². The van der Waals surface area contributed by atoms with Crippen molar-refractivity contribution in [1.29, 1.82) is 0 Å². The van der Waals surface area contributed by atoms with Gasteiger partial charge in [-0.3, -0.25) is 4.79 Å². The number of carbonyl (C=O) groups excluding carboxylic acids is 1. The molecule has 114 valence electrons. The number of fused-ring (bicyclic) bond motifs is 1. The summed E-state index contributed by atoms with van der Waals surface area (Å²) in [5.74, 6) is -0.290. The molecule has 0 radical (unpaired) electrons. The SMILES string of the molecule is C=CCNC(=O)C1Cc2ccccc2CN1S(=O)(=O)CC. The van der Waals surface area contributed by atoms with Gasteiger partial charge in [-0.15, -0.1) is 6.58 Å². The fourth-order valence-electron chi connectivity index (χ4n) is 2.47. The van der Waals surface area contributed by atoms with Crippen LogP contribution in [0.2, 0.25) is 0 Å². The third kappa shape index (κ3) is 3.33. The molecular formula is C15H20N2O3S. The van der Waals surface area contributed by atoms with E-state index in [1.54, 1.807) is 13.0 Å². The lowest BCUT2D eigenvalue weighted by atomic mass is 9.95. The van der Waals surface area contributed by atoms with Gasteiger partial charge in [0.25, 0.3) is 0 Å². The Labute approximate surface area is 125 Å². The summed E-state index contributed by atoms with van der Waals surface area (Å²) < 4.78 is 25.9. The standard InChI is InChI=1S/C15H20N2O3S/c1-3-9-16-15(18)14-10-12-7-5-6-8-13(12)11-17(14)21(19,20)4-2/h3,5-8,14H,1,4,9-11H2,2H3,(H,16,18). The van der Waals surface area contributed by atoms with Crippen molar-refractivity contribution in [3.8, 4) is 0 Å². The summed E-state index contributed by atoms with van der Waals surface area (Å²) in [6.45, 7) is 5.72. The predicted octanol–water partition coefficient (Wildman–Crippen LogP) is 1.07. The molecule has 1 aliphatic rings. The minimum Gasteiger partial charge on any atom is -0.351 e. The number of rotatable bonds is 5. The summed E-state index contributed by atoms with van der Waals surface area (Å²) in [7, 11) is -3.44.